The first-order valence-electron chi connectivity index (χ1n) is 11.9. The molecule has 4 heterocycles. The summed E-state index contributed by atoms with van der Waals surface area (Å²) >= 11 is 0. The number of piperazine rings is 1. The quantitative estimate of drug-likeness (QED) is 0.332. The van der Waals surface area contributed by atoms with Crippen LogP contribution < -0.4 is 16.0 Å². The van der Waals surface area contributed by atoms with Gasteiger partial charge >= 0.3 is 5.97 Å². The third-order valence-corrected chi connectivity index (χ3v) is 6.75. The van der Waals surface area contributed by atoms with Gasteiger partial charge in [0.1, 0.15) is 23.8 Å². The molecule has 0 aliphatic carbocycles. The van der Waals surface area contributed by atoms with E-state index in [-0.39, 0.29) is 37.0 Å². The van der Waals surface area contributed by atoms with Gasteiger partial charge in [0.25, 0.3) is 5.91 Å². The molecule has 5 rings (SSSR count). The van der Waals surface area contributed by atoms with E-state index >= 15 is 0 Å². The Kier molecular flexibility index (Phi) is 6.66. The molecule has 0 radical (unpaired) electrons. The van der Waals surface area contributed by atoms with Crippen LogP contribution in [0.3, 0.4) is 0 Å². The van der Waals surface area contributed by atoms with Gasteiger partial charge < -0.3 is 30.7 Å². The number of nitrogens with zero attached hydrogens (tertiary/aromatic N) is 2. The maximum Gasteiger partial charge on any atom is 0.310 e. The van der Waals surface area contributed by atoms with E-state index in [1.54, 1.807) is 12.3 Å². The molecule has 2 aromatic rings. The van der Waals surface area contributed by atoms with Crippen molar-refractivity contribution in [2.45, 2.75) is 49.7 Å². The summed E-state index contributed by atoms with van der Waals surface area (Å²) in [5.41, 5.74) is 0.220. The van der Waals surface area contributed by atoms with E-state index in [0.29, 0.717) is 18.4 Å². The molecule has 3 aliphatic rings. The number of aromatic nitrogens is 1. The number of carbonyl (C=O) groups is 4. The maximum absolute atomic E-state index is 13.8. The topological polar surface area (TPSA) is 150 Å². The standard InChI is InChI=1S/C25H27N5O6/c31-20-11-18(25(35)36-20)29-22(32)19-13-26-12-15-6-2-4-8-17(24(34)30(15)19)28-23(33)21-16-7-3-1-5-14(16)9-10-27-21/h1-5,7,9-10,15,17-19,25-26,35H,6,8,11-13H2,(H,28,33)(H,29,32)/b4-2-/t15-,17-,18?,19-,25?/m0/s1. The first-order valence-corrected chi connectivity index (χ1v) is 11.9. The van der Waals surface area contributed by atoms with Gasteiger partial charge in [-0.2, -0.15) is 0 Å². The molecule has 4 N–H and O–H groups in total. The molecule has 36 heavy (non-hydrogen) atoms. The highest BCUT2D eigenvalue weighted by Gasteiger charge is 2.43. The van der Waals surface area contributed by atoms with E-state index in [4.69, 9.17) is 4.74 Å². The number of pyridine rings is 1. The molecule has 1 aromatic heterocycles. The van der Waals surface area contributed by atoms with E-state index < -0.39 is 42.2 Å². The second kappa shape index (κ2) is 10.0. The third kappa shape index (κ3) is 4.67. The first kappa shape index (κ1) is 23.9. The predicted molar refractivity (Wildman–Crippen MR) is 127 cm³/mol. The summed E-state index contributed by atoms with van der Waals surface area (Å²) in [5, 5.41) is 20.1. The second-order valence-electron chi connectivity index (χ2n) is 9.12. The van der Waals surface area contributed by atoms with Crippen molar-refractivity contribution < 1.29 is 29.0 Å². The summed E-state index contributed by atoms with van der Waals surface area (Å²) in [4.78, 5) is 57.3. The van der Waals surface area contributed by atoms with Gasteiger partial charge in [0.2, 0.25) is 18.1 Å². The fourth-order valence-electron chi connectivity index (χ4n) is 4.95. The lowest BCUT2D eigenvalue weighted by atomic mass is 9.97. The lowest BCUT2D eigenvalue weighted by Crippen LogP contribution is -2.67. The lowest BCUT2D eigenvalue weighted by molar-refractivity contribution is -0.156. The average molecular weight is 494 g/mol. The lowest BCUT2D eigenvalue weighted by Gasteiger charge is -2.44. The van der Waals surface area contributed by atoms with E-state index in [1.165, 1.54) is 4.90 Å². The Morgan fingerprint density at radius 3 is 2.69 bits per heavy atom. The van der Waals surface area contributed by atoms with Gasteiger partial charge in [-0.05, 0) is 24.3 Å². The van der Waals surface area contributed by atoms with Crippen LogP contribution in [-0.2, 0) is 19.1 Å². The summed E-state index contributed by atoms with van der Waals surface area (Å²) in [6, 6.07) is 6.21. The summed E-state index contributed by atoms with van der Waals surface area (Å²) in [5.74, 6) is -1.96. The molecule has 5 atom stereocenters. The molecular weight excluding hydrogens is 466 g/mol. The van der Waals surface area contributed by atoms with Crippen LogP contribution in [0.2, 0.25) is 0 Å². The predicted octanol–water partition coefficient (Wildman–Crippen LogP) is -0.398. The number of hydrogen-bond donors (Lipinski definition) is 4. The van der Waals surface area contributed by atoms with Crippen molar-refractivity contribution in [3.63, 3.8) is 0 Å². The van der Waals surface area contributed by atoms with E-state index in [9.17, 15) is 24.3 Å². The van der Waals surface area contributed by atoms with Gasteiger partial charge in [-0.1, -0.05) is 36.4 Å². The molecule has 0 saturated carbocycles. The van der Waals surface area contributed by atoms with E-state index in [0.717, 1.165) is 5.39 Å². The summed E-state index contributed by atoms with van der Waals surface area (Å²) < 4.78 is 4.70. The molecule has 1 aromatic carbocycles. The average Bonchev–Trinajstić information content (AvgIpc) is 3.19. The zero-order valence-corrected chi connectivity index (χ0v) is 19.4. The van der Waals surface area contributed by atoms with Crippen LogP contribution >= 0.6 is 0 Å². The summed E-state index contributed by atoms with van der Waals surface area (Å²) in [7, 11) is 0. The minimum absolute atomic E-state index is 0.149. The monoisotopic (exact) mass is 493 g/mol. The van der Waals surface area contributed by atoms with Crippen LogP contribution in [0.25, 0.3) is 10.8 Å². The van der Waals surface area contributed by atoms with Crippen LogP contribution in [0.1, 0.15) is 29.8 Å². The van der Waals surface area contributed by atoms with Crippen molar-refractivity contribution in [1.82, 2.24) is 25.8 Å². The zero-order valence-electron chi connectivity index (χ0n) is 19.4. The van der Waals surface area contributed by atoms with Gasteiger partial charge in [0.05, 0.1) is 6.42 Å². The SMILES string of the molecule is O=C1CC(NC(=O)[C@@H]2CNC[C@@H]3C/C=C\C[C@H](NC(=O)c4nccc5ccccc45)C(=O)N32)C(O)O1. The van der Waals surface area contributed by atoms with Crippen molar-refractivity contribution in [2.75, 3.05) is 13.1 Å². The van der Waals surface area contributed by atoms with Crippen LogP contribution in [0, 0.1) is 0 Å². The number of fused-ring (bicyclic) bond motifs is 2. The molecule has 2 fully saturated rings. The van der Waals surface area contributed by atoms with Gasteiger partial charge in [-0.3, -0.25) is 24.2 Å². The highest BCUT2D eigenvalue weighted by molar-refractivity contribution is 6.06. The molecule has 2 unspecified atom stereocenters. The van der Waals surface area contributed by atoms with Crippen LogP contribution in [-0.4, -0.2) is 82.2 Å². The molecular formula is C25H27N5O6. The Balaban J connectivity index is 1.37. The van der Waals surface area contributed by atoms with Crippen molar-refractivity contribution >= 4 is 34.5 Å². The van der Waals surface area contributed by atoms with Crippen LogP contribution in [0.4, 0.5) is 0 Å². The minimum atomic E-state index is -1.43. The van der Waals surface area contributed by atoms with Crippen molar-refractivity contribution in [2.24, 2.45) is 0 Å². The number of benzene rings is 1. The number of rotatable bonds is 4. The molecule has 3 aliphatic heterocycles. The highest BCUT2D eigenvalue weighted by Crippen LogP contribution is 2.22. The molecule has 11 heteroatoms. The van der Waals surface area contributed by atoms with Gasteiger partial charge in [0, 0.05) is 30.7 Å². The minimum Gasteiger partial charge on any atom is -0.434 e. The number of nitrogens with one attached hydrogen (secondary N) is 3. The Morgan fingerprint density at radius 1 is 1.08 bits per heavy atom. The first-order chi connectivity index (χ1) is 17.4. The number of aliphatic hydroxyl groups excluding tert-OH is 1. The molecule has 0 bridgehead atoms. The third-order valence-electron chi connectivity index (χ3n) is 6.75. The smallest absolute Gasteiger partial charge is 0.310 e. The number of esters is 1. The molecule has 2 saturated heterocycles. The Labute approximate surface area is 206 Å². The maximum atomic E-state index is 13.8. The molecule has 188 valence electrons. The van der Waals surface area contributed by atoms with Gasteiger partial charge in [0.15, 0.2) is 0 Å². The molecule has 3 amide bonds. The normalized spacial score (nSPS) is 29.0. The molecule has 0 spiro atoms. The fraction of sp³-hybridized carbons (Fsp3) is 0.400. The van der Waals surface area contributed by atoms with Gasteiger partial charge in [-0.15, -0.1) is 0 Å². The Hall–Kier alpha value is -3.83. The Bertz CT molecular complexity index is 1230. The van der Waals surface area contributed by atoms with Crippen LogP contribution in [0.5, 0.6) is 0 Å². The van der Waals surface area contributed by atoms with E-state index in [2.05, 4.69) is 20.9 Å². The van der Waals surface area contributed by atoms with Crippen molar-refractivity contribution in [3.8, 4) is 0 Å². The summed E-state index contributed by atoms with van der Waals surface area (Å²) in [6.45, 7) is 0.681. The highest BCUT2D eigenvalue weighted by atomic mass is 16.6. The zero-order chi connectivity index (χ0) is 25.2. The largest absolute Gasteiger partial charge is 0.434 e. The molecule has 11 nitrogen and oxygen atoms in total. The number of amides is 3. The summed E-state index contributed by atoms with van der Waals surface area (Å²) in [6.07, 6.45) is 4.58. The number of ether oxygens (including phenoxy) is 1. The number of hydrogen-bond acceptors (Lipinski definition) is 8. The Morgan fingerprint density at radius 2 is 1.89 bits per heavy atom. The van der Waals surface area contributed by atoms with E-state index in [1.807, 2.05) is 36.4 Å². The number of aliphatic hydroxyl groups is 1. The van der Waals surface area contributed by atoms with Crippen molar-refractivity contribution in [3.05, 3.63) is 54.4 Å². The fourth-order valence-corrected chi connectivity index (χ4v) is 4.95. The second-order valence-corrected chi connectivity index (χ2v) is 9.12. The van der Waals surface area contributed by atoms with Crippen LogP contribution in [0.15, 0.2) is 48.7 Å². The number of cyclic esters (lactones) is 1. The number of carbonyl (C=O) groups excluding carboxylic acids is 4. The van der Waals surface area contributed by atoms with Gasteiger partial charge in [-0.25, -0.2) is 0 Å². The van der Waals surface area contributed by atoms with Crippen molar-refractivity contribution in [1.29, 1.82) is 0 Å².